The van der Waals surface area contributed by atoms with Gasteiger partial charge in [0, 0.05) is 29.0 Å². The molecule has 1 aromatic heterocycles. The van der Waals surface area contributed by atoms with Gasteiger partial charge in [-0.1, -0.05) is 66.7 Å². The molecule has 2 aromatic carbocycles. The predicted octanol–water partition coefficient (Wildman–Crippen LogP) is 8.30. The quantitative estimate of drug-likeness (QED) is 0.250. The Bertz CT molecular complexity index is 1410. The number of hydrogen-bond donors (Lipinski definition) is 0. The van der Waals surface area contributed by atoms with Crippen molar-refractivity contribution >= 4 is 57.8 Å². The van der Waals surface area contributed by atoms with E-state index in [0.29, 0.717) is 50.5 Å². The number of rotatable bonds is 8. The van der Waals surface area contributed by atoms with Crippen LogP contribution in [0.5, 0.6) is 11.5 Å². The van der Waals surface area contributed by atoms with Crippen LogP contribution in [0, 0.1) is 0 Å². The molecule has 0 N–H and O–H groups in total. The number of pyridine rings is 1. The second-order valence-electron chi connectivity index (χ2n) is 9.32. The molecule has 1 aliphatic heterocycles. The lowest BCUT2D eigenvalue weighted by Gasteiger charge is -2.30. The number of carbonyl (C=O) groups is 1. The molecule has 5 rings (SSSR count). The number of ether oxygens (including phenoxy) is 2. The van der Waals surface area contributed by atoms with Crippen LogP contribution in [0.1, 0.15) is 50.2 Å². The Morgan fingerprint density at radius 2 is 1.87 bits per heavy atom. The number of benzene rings is 2. The topological polar surface area (TPSA) is 64.0 Å². The fraction of sp³-hybridized carbons (Fsp3) is 0.300. The highest BCUT2D eigenvalue weighted by molar-refractivity contribution is 8.18. The van der Waals surface area contributed by atoms with Gasteiger partial charge in [0.1, 0.15) is 6.61 Å². The predicted molar refractivity (Wildman–Crippen MR) is 159 cm³/mol. The third-order valence-electron chi connectivity index (χ3n) is 6.65. The van der Waals surface area contributed by atoms with Gasteiger partial charge in [-0.25, -0.2) is 4.99 Å². The maximum atomic E-state index is 13.7. The number of aromatic nitrogens is 1. The molecule has 1 aliphatic carbocycles. The molecule has 9 heteroatoms. The number of hydrogen-bond acceptors (Lipinski definition) is 6. The summed E-state index contributed by atoms with van der Waals surface area (Å²) < 4.78 is 11.9. The number of aliphatic imine (C=N–C) groups is 1. The monoisotopic (exact) mass is 581 g/mol. The van der Waals surface area contributed by atoms with Gasteiger partial charge in [0.25, 0.3) is 5.91 Å². The van der Waals surface area contributed by atoms with Crippen LogP contribution < -0.4 is 9.47 Å². The zero-order valence-electron chi connectivity index (χ0n) is 21.6. The van der Waals surface area contributed by atoms with E-state index in [-0.39, 0.29) is 11.9 Å². The number of carbonyl (C=O) groups excluding carboxylic acids is 1. The lowest BCUT2D eigenvalue weighted by molar-refractivity contribution is -0.124. The minimum atomic E-state index is -0.0344. The molecule has 6 nitrogen and oxygen atoms in total. The summed E-state index contributed by atoms with van der Waals surface area (Å²) in [7, 11) is 0. The molecule has 2 heterocycles. The first-order chi connectivity index (χ1) is 19.0. The molecule has 1 saturated heterocycles. The summed E-state index contributed by atoms with van der Waals surface area (Å²) in [4.78, 5) is 25.0. The van der Waals surface area contributed by atoms with Crippen LogP contribution in [-0.4, -0.2) is 33.6 Å². The molecule has 0 spiro atoms. The number of amidine groups is 1. The van der Waals surface area contributed by atoms with E-state index in [4.69, 9.17) is 37.7 Å². The normalized spacial score (nSPS) is 18.2. The lowest BCUT2D eigenvalue weighted by atomic mass is 9.94. The molecule has 2 aliphatic rings. The average Bonchev–Trinajstić information content (AvgIpc) is 3.25. The van der Waals surface area contributed by atoms with Crippen LogP contribution in [0.4, 0.5) is 5.69 Å². The van der Waals surface area contributed by atoms with Crippen LogP contribution >= 0.6 is 35.0 Å². The molecule has 0 atom stereocenters. The minimum Gasteiger partial charge on any atom is -0.490 e. The summed E-state index contributed by atoms with van der Waals surface area (Å²) in [6.07, 6.45) is 10.4. The van der Waals surface area contributed by atoms with Crippen LogP contribution in [0.25, 0.3) is 6.08 Å². The largest absolute Gasteiger partial charge is 0.490 e. The van der Waals surface area contributed by atoms with Crippen molar-refractivity contribution in [1.29, 1.82) is 0 Å². The van der Waals surface area contributed by atoms with Crippen molar-refractivity contribution in [2.75, 3.05) is 6.61 Å². The zero-order valence-corrected chi connectivity index (χ0v) is 23.9. The van der Waals surface area contributed by atoms with E-state index in [1.54, 1.807) is 18.5 Å². The van der Waals surface area contributed by atoms with Gasteiger partial charge < -0.3 is 9.47 Å². The molecule has 0 unspecified atom stereocenters. The van der Waals surface area contributed by atoms with E-state index < -0.39 is 0 Å². The molecule has 3 aromatic rings. The Morgan fingerprint density at radius 3 is 2.64 bits per heavy atom. The zero-order chi connectivity index (χ0) is 27.2. The summed E-state index contributed by atoms with van der Waals surface area (Å²) in [6.45, 7) is 2.73. The maximum Gasteiger partial charge on any atom is 0.267 e. The first-order valence-corrected chi connectivity index (χ1v) is 14.6. The van der Waals surface area contributed by atoms with E-state index in [9.17, 15) is 4.79 Å². The lowest BCUT2D eigenvalue weighted by Crippen LogP contribution is -2.40. The molecule has 202 valence electrons. The highest BCUT2D eigenvalue weighted by Gasteiger charge is 2.38. The molecule has 1 saturated carbocycles. The van der Waals surface area contributed by atoms with Crippen LogP contribution in [0.2, 0.25) is 10.0 Å². The third kappa shape index (κ3) is 6.60. The number of thioether (sulfide) groups is 1. The van der Waals surface area contributed by atoms with Crippen molar-refractivity contribution in [1.82, 2.24) is 9.88 Å². The van der Waals surface area contributed by atoms with Crippen molar-refractivity contribution in [3.8, 4) is 11.5 Å². The summed E-state index contributed by atoms with van der Waals surface area (Å²) in [5, 5.41) is 1.76. The van der Waals surface area contributed by atoms with Gasteiger partial charge in [-0.15, -0.1) is 0 Å². The average molecular weight is 583 g/mol. The van der Waals surface area contributed by atoms with Gasteiger partial charge in [0.05, 0.1) is 22.2 Å². The number of nitrogens with zero attached hydrogens (tertiary/aromatic N) is 3. The van der Waals surface area contributed by atoms with Gasteiger partial charge >= 0.3 is 0 Å². The highest BCUT2D eigenvalue weighted by Crippen LogP contribution is 2.40. The Morgan fingerprint density at radius 1 is 1.05 bits per heavy atom. The van der Waals surface area contributed by atoms with Crippen molar-refractivity contribution in [2.24, 2.45) is 4.99 Å². The first-order valence-electron chi connectivity index (χ1n) is 13.1. The second-order valence-corrected chi connectivity index (χ2v) is 11.1. The van der Waals surface area contributed by atoms with Gasteiger partial charge in [-0.05, 0) is 67.4 Å². The molecule has 39 heavy (non-hydrogen) atoms. The second kappa shape index (κ2) is 12.9. The van der Waals surface area contributed by atoms with Crippen molar-refractivity contribution in [2.45, 2.75) is 51.7 Å². The van der Waals surface area contributed by atoms with Gasteiger partial charge in [0.2, 0.25) is 0 Å². The molecule has 2 fully saturated rings. The van der Waals surface area contributed by atoms with Crippen LogP contribution in [-0.2, 0) is 11.4 Å². The Balaban J connectivity index is 1.43. The number of halogens is 2. The van der Waals surface area contributed by atoms with E-state index in [1.165, 1.54) is 18.2 Å². The Kier molecular flexibility index (Phi) is 9.12. The van der Waals surface area contributed by atoms with Gasteiger partial charge in [-0.2, -0.15) is 0 Å². The molecular weight excluding hydrogens is 553 g/mol. The van der Waals surface area contributed by atoms with E-state index in [1.807, 2.05) is 60.4 Å². The highest BCUT2D eigenvalue weighted by atomic mass is 35.5. The summed E-state index contributed by atoms with van der Waals surface area (Å²) in [5.74, 6) is 1.19. The Labute approximate surface area is 243 Å². The summed E-state index contributed by atoms with van der Waals surface area (Å²) in [6, 6.07) is 15.2. The maximum absolute atomic E-state index is 13.7. The number of amides is 1. The van der Waals surface area contributed by atoms with Crippen molar-refractivity contribution < 1.29 is 14.3 Å². The molecule has 1 amide bonds. The van der Waals surface area contributed by atoms with Gasteiger partial charge in [0.15, 0.2) is 16.7 Å². The SMILES string of the molecule is CCOc1cc(/C=C2\SC(=Nc3ccncc3Cl)N(C3CCCCC3)C2=O)ccc1OCc1ccccc1Cl. The van der Waals surface area contributed by atoms with E-state index in [2.05, 4.69) is 4.98 Å². The first kappa shape index (κ1) is 27.6. The smallest absolute Gasteiger partial charge is 0.267 e. The van der Waals surface area contributed by atoms with Crippen LogP contribution in [0.15, 0.2) is 70.8 Å². The minimum absolute atomic E-state index is 0.0344. The fourth-order valence-electron chi connectivity index (χ4n) is 4.71. The van der Waals surface area contributed by atoms with E-state index >= 15 is 0 Å². The third-order valence-corrected chi connectivity index (χ3v) is 8.29. The Hall–Kier alpha value is -3.00. The summed E-state index contributed by atoms with van der Waals surface area (Å²) >= 11 is 14.0. The standard InChI is InChI=1S/C30H29Cl2N3O3S/c1-2-37-27-16-20(12-13-26(27)38-19-21-8-6-7-11-23(21)31)17-28-29(36)35(22-9-4-3-5-10-22)30(39-28)34-25-14-15-33-18-24(25)32/h6-8,11-18,22H,2-5,9-10,19H2,1H3/b28-17-,34-30?. The molecular formula is C30H29Cl2N3O3S. The molecule has 0 bridgehead atoms. The van der Waals surface area contributed by atoms with Crippen LogP contribution in [0.3, 0.4) is 0 Å². The molecule has 0 radical (unpaired) electrons. The summed E-state index contributed by atoms with van der Waals surface area (Å²) in [5.41, 5.74) is 2.33. The fourth-order valence-corrected chi connectivity index (χ4v) is 6.12. The van der Waals surface area contributed by atoms with Crippen molar-refractivity contribution in [3.05, 3.63) is 87.0 Å². The van der Waals surface area contributed by atoms with E-state index in [0.717, 1.165) is 36.8 Å². The van der Waals surface area contributed by atoms with Gasteiger partial charge in [-0.3, -0.25) is 14.7 Å². The van der Waals surface area contributed by atoms with Crippen molar-refractivity contribution in [3.63, 3.8) is 0 Å².